The van der Waals surface area contributed by atoms with Gasteiger partial charge in [-0.3, -0.25) is 4.79 Å². The number of piperidine rings is 1. The van der Waals surface area contributed by atoms with E-state index in [1.54, 1.807) is 12.1 Å². The molecule has 6 heteroatoms. The van der Waals surface area contributed by atoms with Gasteiger partial charge in [0.2, 0.25) is 11.9 Å². The Morgan fingerprint density at radius 3 is 2.80 bits per heavy atom. The average Bonchev–Trinajstić information content (AvgIpc) is 3.16. The minimum absolute atomic E-state index is 0.0558. The van der Waals surface area contributed by atoms with Gasteiger partial charge in [-0.25, -0.2) is 9.37 Å². The zero-order chi connectivity index (χ0) is 20.9. The third kappa shape index (κ3) is 4.48. The summed E-state index contributed by atoms with van der Waals surface area (Å²) in [5, 5.41) is 3.02. The summed E-state index contributed by atoms with van der Waals surface area (Å²) in [4.78, 5) is 20.0. The molecule has 1 atom stereocenters. The molecule has 1 N–H and O–H groups in total. The summed E-state index contributed by atoms with van der Waals surface area (Å²) in [6, 6.07) is 14.5. The van der Waals surface area contributed by atoms with Crippen LogP contribution in [0.3, 0.4) is 0 Å². The molecule has 1 aliphatic heterocycles. The number of hydrogen-bond donors (Lipinski definition) is 1. The van der Waals surface area contributed by atoms with Gasteiger partial charge in [0.1, 0.15) is 5.82 Å². The molecule has 1 unspecified atom stereocenters. The zero-order valence-corrected chi connectivity index (χ0v) is 17.5. The third-order valence-electron chi connectivity index (χ3n) is 5.82. The van der Waals surface area contributed by atoms with Crippen molar-refractivity contribution in [3.8, 4) is 0 Å². The largest absolute Gasteiger partial charge is 0.352 e. The second-order valence-electron chi connectivity index (χ2n) is 8.04. The van der Waals surface area contributed by atoms with Gasteiger partial charge in [-0.15, -0.1) is 0 Å². The molecule has 5 nitrogen and oxygen atoms in total. The van der Waals surface area contributed by atoms with Gasteiger partial charge >= 0.3 is 0 Å². The topological polar surface area (TPSA) is 50.2 Å². The fraction of sp³-hybridized carbons (Fsp3) is 0.417. The van der Waals surface area contributed by atoms with E-state index in [9.17, 15) is 9.18 Å². The maximum atomic E-state index is 13.1. The molecule has 4 rings (SSSR count). The molecule has 0 saturated carbocycles. The number of carbonyl (C=O) groups is 1. The van der Waals surface area contributed by atoms with E-state index < -0.39 is 0 Å². The van der Waals surface area contributed by atoms with Crippen molar-refractivity contribution < 1.29 is 9.18 Å². The Bertz CT molecular complexity index is 998. The highest BCUT2D eigenvalue weighted by Gasteiger charge is 2.28. The van der Waals surface area contributed by atoms with Gasteiger partial charge in [0.05, 0.1) is 17.0 Å². The van der Waals surface area contributed by atoms with Crippen molar-refractivity contribution >= 4 is 22.9 Å². The monoisotopic (exact) mass is 408 g/mol. The highest BCUT2D eigenvalue weighted by Crippen LogP contribution is 2.27. The lowest BCUT2D eigenvalue weighted by atomic mass is 9.97. The normalized spacial score (nSPS) is 16.7. The van der Waals surface area contributed by atoms with E-state index in [0.717, 1.165) is 61.3 Å². The first-order valence-electron chi connectivity index (χ1n) is 10.9. The molecule has 1 aliphatic rings. The van der Waals surface area contributed by atoms with Crippen LogP contribution < -0.4 is 10.2 Å². The number of nitrogens with one attached hydrogen (secondary N) is 1. The van der Waals surface area contributed by atoms with Crippen molar-refractivity contribution in [3.63, 3.8) is 0 Å². The lowest BCUT2D eigenvalue weighted by Gasteiger charge is -2.33. The first-order chi connectivity index (χ1) is 14.7. The number of hydrogen-bond acceptors (Lipinski definition) is 3. The van der Waals surface area contributed by atoms with Gasteiger partial charge in [-0.1, -0.05) is 37.6 Å². The lowest BCUT2D eigenvalue weighted by Crippen LogP contribution is -2.43. The summed E-state index contributed by atoms with van der Waals surface area (Å²) in [6.45, 7) is 5.14. The average molecular weight is 409 g/mol. The number of para-hydroxylation sites is 2. The van der Waals surface area contributed by atoms with E-state index in [1.807, 2.05) is 6.07 Å². The van der Waals surface area contributed by atoms with Crippen LogP contribution in [0.15, 0.2) is 48.5 Å². The van der Waals surface area contributed by atoms with Crippen LogP contribution in [0, 0.1) is 11.7 Å². The number of rotatable bonds is 7. The Labute approximate surface area is 176 Å². The fourth-order valence-electron chi connectivity index (χ4n) is 4.15. The van der Waals surface area contributed by atoms with Gasteiger partial charge in [0, 0.05) is 26.2 Å². The van der Waals surface area contributed by atoms with Gasteiger partial charge in [0.15, 0.2) is 0 Å². The molecule has 1 amide bonds. The number of unbranched alkanes of at least 4 members (excludes halogenated alkanes) is 1. The molecule has 0 radical (unpaired) electrons. The Balaban J connectivity index is 1.47. The van der Waals surface area contributed by atoms with Crippen molar-refractivity contribution in [1.82, 2.24) is 14.9 Å². The zero-order valence-electron chi connectivity index (χ0n) is 17.5. The molecular formula is C24H29FN4O. The first-order valence-corrected chi connectivity index (χ1v) is 10.9. The Morgan fingerprint density at radius 2 is 2.00 bits per heavy atom. The standard InChI is InChI=1S/C24H29FN4O/c1-2-3-15-29-22-9-5-4-8-21(22)27-24(29)28-14-6-7-19(17-28)23(30)26-16-18-10-12-20(25)13-11-18/h4-5,8-13,19H,2-3,6-7,14-17H2,1H3,(H,26,30). The van der Waals surface area contributed by atoms with E-state index in [-0.39, 0.29) is 17.6 Å². The minimum Gasteiger partial charge on any atom is -0.352 e. The van der Waals surface area contributed by atoms with Crippen LogP contribution in [-0.4, -0.2) is 28.5 Å². The second-order valence-corrected chi connectivity index (χ2v) is 8.04. The van der Waals surface area contributed by atoms with Crippen molar-refractivity contribution in [2.24, 2.45) is 5.92 Å². The number of carbonyl (C=O) groups excluding carboxylic acids is 1. The predicted octanol–water partition coefficient (Wildman–Crippen LogP) is 4.51. The summed E-state index contributed by atoms with van der Waals surface area (Å²) < 4.78 is 15.4. The van der Waals surface area contributed by atoms with Crippen molar-refractivity contribution in [1.29, 1.82) is 0 Å². The molecule has 0 spiro atoms. The van der Waals surface area contributed by atoms with E-state index >= 15 is 0 Å². The van der Waals surface area contributed by atoms with Gasteiger partial charge in [-0.2, -0.15) is 0 Å². The molecule has 1 fully saturated rings. The van der Waals surface area contributed by atoms with Crippen molar-refractivity contribution in [2.75, 3.05) is 18.0 Å². The van der Waals surface area contributed by atoms with Crippen LogP contribution in [0.5, 0.6) is 0 Å². The van der Waals surface area contributed by atoms with Crippen molar-refractivity contribution in [2.45, 2.75) is 45.7 Å². The van der Waals surface area contributed by atoms with Gasteiger partial charge < -0.3 is 14.8 Å². The summed E-state index contributed by atoms with van der Waals surface area (Å²) in [6.07, 6.45) is 4.07. The number of aromatic nitrogens is 2. The number of amides is 1. The van der Waals surface area contributed by atoms with Crippen molar-refractivity contribution in [3.05, 3.63) is 59.9 Å². The number of fused-ring (bicyclic) bond motifs is 1. The Hall–Kier alpha value is -2.89. The van der Waals surface area contributed by atoms with E-state index in [4.69, 9.17) is 4.98 Å². The molecule has 30 heavy (non-hydrogen) atoms. The molecular weight excluding hydrogens is 379 g/mol. The minimum atomic E-state index is -0.265. The summed E-state index contributed by atoms with van der Waals surface area (Å²) in [5.41, 5.74) is 3.06. The number of aryl methyl sites for hydroxylation is 1. The molecule has 2 aromatic carbocycles. The molecule has 0 aliphatic carbocycles. The van der Waals surface area contributed by atoms with E-state index in [2.05, 4.69) is 39.9 Å². The highest BCUT2D eigenvalue weighted by molar-refractivity contribution is 5.81. The fourth-order valence-corrected chi connectivity index (χ4v) is 4.15. The third-order valence-corrected chi connectivity index (χ3v) is 5.82. The number of imidazole rings is 1. The summed E-state index contributed by atoms with van der Waals surface area (Å²) in [7, 11) is 0. The van der Waals surface area contributed by atoms with Crippen LogP contribution in [0.2, 0.25) is 0 Å². The number of nitrogens with zero attached hydrogens (tertiary/aromatic N) is 3. The van der Waals surface area contributed by atoms with Crippen LogP contribution in [0.1, 0.15) is 38.2 Å². The number of anilines is 1. The van der Waals surface area contributed by atoms with Crippen LogP contribution in [0.4, 0.5) is 10.3 Å². The van der Waals surface area contributed by atoms with E-state index in [1.165, 1.54) is 12.1 Å². The Morgan fingerprint density at radius 1 is 1.20 bits per heavy atom. The maximum Gasteiger partial charge on any atom is 0.225 e. The summed E-state index contributed by atoms with van der Waals surface area (Å²) >= 11 is 0. The number of halogens is 1. The highest BCUT2D eigenvalue weighted by atomic mass is 19.1. The summed E-state index contributed by atoms with van der Waals surface area (Å²) in [5.74, 6) is 0.693. The Kier molecular flexibility index (Phi) is 6.31. The number of benzene rings is 2. The molecule has 158 valence electrons. The molecule has 0 bridgehead atoms. The molecule has 1 saturated heterocycles. The lowest BCUT2D eigenvalue weighted by molar-refractivity contribution is -0.125. The SMILES string of the molecule is CCCCn1c(N2CCCC(C(=O)NCc3ccc(F)cc3)C2)nc2ccccc21. The predicted molar refractivity (Wildman–Crippen MR) is 118 cm³/mol. The molecule has 1 aromatic heterocycles. The smallest absolute Gasteiger partial charge is 0.225 e. The van der Waals surface area contributed by atoms with Crippen LogP contribution in [-0.2, 0) is 17.9 Å². The van der Waals surface area contributed by atoms with Gasteiger partial charge in [-0.05, 0) is 49.1 Å². The maximum absolute atomic E-state index is 13.1. The quantitative estimate of drug-likeness (QED) is 0.626. The van der Waals surface area contributed by atoms with Crippen LogP contribution in [0.25, 0.3) is 11.0 Å². The first kappa shape index (κ1) is 20.4. The molecule has 3 aromatic rings. The van der Waals surface area contributed by atoms with E-state index in [0.29, 0.717) is 13.1 Å². The van der Waals surface area contributed by atoms with Crippen LogP contribution >= 0.6 is 0 Å². The second kappa shape index (κ2) is 9.28. The van der Waals surface area contributed by atoms with Gasteiger partial charge in [0.25, 0.3) is 0 Å². The molecule has 2 heterocycles.